The smallest absolute Gasteiger partial charge is 0.0713 e. The summed E-state index contributed by atoms with van der Waals surface area (Å²) in [4.78, 5) is 0. The Morgan fingerprint density at radius 2 is 1.60 bits per heavy atom. The number of nitrogen functional groups attached to an aromatic ring is 1. The molecule has 0 saturated heterocycles. The van der Waals surface area contributed by atoms with Crippen molar-refractivity contribution in [2.45, 2.75) is 64.8 Å². The maximum atomic E-state index is 6.08. The summed E-state index contributed by atoms with van der Waals surface area (Å²) < 4.78 is 2.31. The minimum absolute atomic E-state index is 0.895. The van der Waals surface area contributed by atoms with Gasteiger partial charge < -0.3 is 10.3 Å². The van der Waals surface area contributed by atoms with Crippen LogP contribution in [0.5, 0.6) is 0 Å². The van der Waals surface area contributed by atoms with Crippen LogP contribution in [0.4, 0.5) is 5.69 Å². The van der Waals surface area contributed by atoms with E-state index in [1.54, 1.807) is 0 Å². The molecule has 0 unspecified atom stereocenters. The second-order valence-corrected chi connectivity index (χ2v) is 5.77. The van der Waals surface area contributed by atoms with E-state index in [0.29, 0.717) is 0 Å². The van der Waals surface area contributed by atoms with E-state index in [4.69, 9.17) is 5.73 Å². The molecule has 0 bridgehead atoms. The topological polar surface area (TPSA) is 30.9 Å². The summed E-state index contributed by atoms with van der Waals surface area (Å²) in [6.07, 6.45) is 13.1. The molecule has 2 aromatic rings. The zero-order valence-corrected chi connectivity index (χ0v) is 12.8. The number of para-hydroxylation sites is 1. The van der Waals surface area contributed by atoms with E-state index >= 15 is 0 Å². The van der Waals surface area contributed by atoms with Crippen molar-refractivity contribution in [3.63, 3.8) is 0 Å². The Labute approximate surface area is 123 Å². The molecule has 2 heteroatoms. The van der Waals surface area contributed by atoms with E-state index in [2.05, 4.69) is 29.8 Å². The number of unbranched alkanes of at least 4 members (excludes halogenated alkanes) is 7. The van der Waals surface area contributed by atoms with Crippen LogP contribution in [0.15, 0.2) is 30.5 Å². The maximum Gasteiger partial charge on any atom is 0.0713 e. The van der Waals surface area contributed by atoms with E-state index in [0.717, 1.165) is 12.2 Å². The van der Waals surface area contributed by atoms with Crippen molar-refractivity contribution >= 4 is 16.6 Å². The van der Waals surface area contributed by atoms with Gasteiger partial charge in [0.05, 0.1) is 11.2 Å². The van der Waals surface area contributed by atoms with Gasteiger partial charge in [-0.2, -0.15) is 0 Å². The normalized spacial score (nSPS) is 11.2. The van der Waals surface area contributed by atoms with E-state index in [-0.39, 0.29) is 0 Å². The van der Waals surface area contributed by atoms with Crippen molar-refractivity contribution in [1.29, 1.82) is 0 Å². The van der Waals surface area contributed by atoms with E-state index < -0.39 is 0 Å². The first-order valence-electron chi connectivity index (χ1n) is 8.16. The van der Waals surface area contributed by atoms with Gasteiger partial charge in [0.25, 0.3) is 0 Å². The van der Waals surface area contributed by atoms with Crippen molar-refractivity contribution in [1.82, 2.24) is 4.57 Å². The molecule has 1 aromatic carbocycles. The number of nitrogens with zero attached hydrogens (tertiary/aromatic N) is 1. The first kappa shape index (κ1) is 15.0. The number of hydrogen-bond acceptors (Lipinski definition) is 1. The van der Waals surface area contributed by atoms with Crippen molar-refractivity contribution in [2.75, 3.05) is 5.73 Å². The summed E-state index contributed by atoms with van der Waals surface area (Å²) in [6, 6.07) is 8.32. The number of fused-ring (bicyclic) bond motifs is 1. The molecule has 110 valence electrons. The van der Waals surface area contributed by atoms with Gasteiger partial charge in [0.2, 0.25) is 0 Å². The number of hydrogen-bond donors (Lipinski definition) is 1. The molecular formula is C18H28N2. The fourth-order valence-corrected chi connectivity index (χ4v) is 2.89. The number of aryl methyl sites for hydroxylation is 1. The molecule has 0 radical (unpaired) electrons. The van der Waals surface area contributed by atoms with Crippen LogP contribution < -0.4 is 5.73 Å². The van der Waals surface area contributed by atoms with Gasteiger partial charge in [-0.3, -0.25) is 0 Å². The number of nitrogens with two attached hydrogens (primary N) is 1. The zero-order chi connectivity index (χ0) is 14.2. The number of aromatic nitrogens is 1. The zero-order valence-electron chi connectivity index (χ0n) is 12.8. The van der Waals surface area contributed by atoms with E-state index in [1.165, 1.54) is 62.3 Å². The van der Waals surface area contributed by atoms with Gasteiger partial charge in [0.1, 0.15) is 0 Å². The maximum absolute atomic E-state index is 6.08. The first-order chi connectivity index (χ1) is 9.83. The fraction of sp³-hybridized carbons (Fsp3) is 0.556. The van der Waals surface area contributed by atoms with Gasteiger partial charge in [-0.05, 0) is 18.6 Å². The molecular weight excluding hydrogens is 244 g/mol. The van der Waals surface area contributed by atoms with Crippen molar-refractivity contribution in [3.05, 3.63) is 30.5 Å². The predicted molar refractivity (Wildman–Crippen MR) is 89.0 cm³/mol. The summed E-state index contributed by atoms with van der Waals surface area (Å²) in [7, 11) is 0. The van der Waals surface area contributed by atoms with E-state index in [9.17, 15) is 0 Å². The second kappa shape index (κ2) is 7.98. The predicted octanol–water partition coefficient (Wildman–Crippen LogP) is 5.36. The van der Waals surface area contributed by atoms with Crippen LogP contribution in [0.3, 0.4) is 0 Å². The van der Waals surface area contributed by atoms with Crippen LogP contribution in [0.25, 0.3) is 10.9 Å². The third-order valence-corrected chi connectivity index (χ3v) is 4.07. The molecule has 20 heavy (non-hydrogen) atoms. The quantitative estimate of drug-likeness (QED) is 0.483. The lowest BCUT2D eigenvalue weighted by Gasteiger charge is -2.07. The van der Waals surface area contributed by atoms with Crippen molar-refractivity contribution in [3.8, 4) is 0 Å². The van der Waals surface area contributed by atoms with Gasteiger partial charge >= 0.3 is 0 Å². The van der Waals surface area contributed by atoms with E-state index in [1.807, 2.05) is 12.1 Å². The Bertz CT molecular complexity index is 513. The molecule has 0 spiro atoms. The van der Waals surface area contributed by atoms with Gasteiger partial charge in [-0.1, -0.05) is 64.0 Å². The molecule has 1 aromatic heterocycles. The van der Waals surface area contributed by atoms with Gasteiger partial charge in [0.15, 0.2) is 0 Å². The van der Waals surface area contributed by atoms with Crippen LogP contribution in [-0.2, 0) is 6.54 Å². The molecule has 0 saturated carbocycles. The number of anilines is 1. The lowest BCUT2D eigenvalue weighted by molar-refractivity contribution is 0.549. The van der Waals surface area contributed by atoms with Crippen molar-refractivity contribution in [2.24, 2.45) is 0 Å². The fourth-order valence-electron chi connectivity index (χ4n) is 2.89. The summed E-state index contributed by atoms with van der Waals surface area (Å²) in [5.74, 6) is 0. The highest BCUT2D eigenvalue weighted by Crippen LogP contribution is 2.22. The summed E-state index contributed by atoms with van der Waals surface area (Å²) in [6.45, 7) is 3.36. The van der Waals surface area contributed by atoms with Crippen LogP contribution in [0.2, 0.25) is 0 Å². The molecule has 0 aliphatic rings. The Kier molecular flexibility index (Phi) is 5.97. The van der Waals surface area contributed by atoms with Crippen LogP contribution in [0.1, 0.15) is 58.3 Å². The molecule has 2 rings (SSSR count). The minimum atomic E-state index is 0.895. The molecule has 0 aliphatic carbocycles. The molecule has 1 heterocycles. The highest BCUT2D eigenvalue weighted by atomic mass is 15.0. The third-order valence-electron chi connectivity index (χ3n) is 4.07. The number of benzene rings is 1. The molecule has 0 aliphatic heterocycles. The Balaban J connectivity index is 1.71. The van der Waals surface area contributed by atoms with Crippen LogP contribution >= 0.6 is 0 Å². The molecule has 0 fully saturated rings. The SMILES string of the molecule is CCCCCCCCCCn1ccc2cccc(N)c21. The third kappa shape index (κ3) is 4.03. The first-order valence-corrected chi connectivity index (χ1v) is 8.16. The Hall–Kier alpha value is -1.44. The Morgan fingerprint density at radius 1 is 0.900 bits per heavy atom. The average Bonchev–Trinajstić information content (AvgIpc) is 2.86. The van der Waals surface area contributed by atoms with Crippen LogP contribution in [-0.4, -0.2) is 4.57 Å². The summed E-state index contributed by atoms with van der Waals surface area (Å²) in [5.41, 5.74) is 8.18. The van der Waals surface area contributed by atoms with Gasteiger partial charge in [-0.15, -0.1) is 0 Å². The number of rotatable bonds is 9. The second-order valence-electron chi connectivity index (χ2n) is 5.77. The van der Waals surface area contributed by atoms with Gasteiger partial charge in [-0.25, -0.2) is 0 Å². The van der Waals surface area contributed by atoms with Gasteiger partial charge in [0, 0.05) is 18.1 Å². The minimum Gasteiger partial charge on any atom is -0.397 e. The summed E-state index contributed by atoms with van der Waals surface area (Å²) in [5, 5.41) is 1.25. The monoisotopic (exact) mass is 272 g/mol. The Morgan fingerprint density at radius 3 is 2.35 bits per heavy atom. The molecule has 2 nitrogen and oxygen atoms in total. The summed E-state index contributed by atoms with van der Waals surface area (Å²) >= 11 is 0. The largest absolute Gasteiger partial charge is 0.397 e. The lowest BCUT2D eigenvalue weighted by atomic mass is 10.1. The highest BCUT2D eigenvalue weighted by Gasteiger charge is 2.03. The van der Waals surface area contributed by atoms with Crippen LogP contribution in [0, 0.1) is 0 Å². The highest BCUT2D eigenvalue weighted by molar-refractivity contribution is 5.90. The lowest BCUT2D eigenvalue weighted by Crippen LogP contribution is -1.98. The van der Waals surface area contributed by atoms with Crippen molar-refractivity contribution < 1.29 is 0 Å². The average molecular weight is 272 g/mol. The molecule has 2 N–H and O–H groups in total. The molecule has 0 atom stereocenters. The molecule has 0 amide bonds. The standard InChI is InChI=1S/C18H28N2/c1-2-3-4-5-6-7-8-9-14-20-15-13-16-11-10-12-17(19)18(16)20/h10-13,15H,2-9,14,19H2,1H3.